The van der Waals surface area contributed by atoms with Gasteiger partial charge >= 0.3 is 12.1 Å². The van der Waals surface area contributed by atoms with Gasteiger partial charge in [-0.3, -0.25) is 9.59 Å². The number of nitrogens with zero attached hydrogens (tertiary/aromatic N) is 1. The summed E-state index contributed by atoms with van der Waals surface area (Å²) in [5, 5.41) is 10.4. The van der Waals surface area contributed by atoms with E-state index in [4.69, 9.17) is 14.2 Å². The zero-order valence-electron chi connectivity index (χ0n) is 29.8. The first kappa shape index (κ1) is 37.4. The molecule has 278 valence electrons. The third kappa shape index (κ3) is 8.99. The van der Waals surface area contributed by atoms with Gasteiger partial charge in [-0.2, -0.15) is 0 Å². The number of thiophene rings is 1. The van der Waals surface area contributed by atoms with Crippen LogP contribution in [-0.4, -0.2) is 60.1 Å². The van der Waals surface area contributed by atoms with Crippen LogP contribution in [0.25, 0.3) is 21.6 Å². The predicted molar refractivity (Wildman–Crippen MR) is 196 cm³/mol. The van der Waals surface area contributed by atoms with E-state index >= 15 is 0 Å². The molecule has 2 aliphatic rings. The Bertz CT molecular complexity index is 2030. The van der Waals surface area contributed by atoms with Gasteiger partial charge in [0.1, 0.15) is 17.0 Å². The van der Waals surface area contributed by atoms with Gasteiger partial charge in [0, 0.05) is 64.7 Å². The van der Waals surface area contributed by atoms with Gasteiger partial charge in [-0.1, -0.05) is 12.1 Å². The molecule has 53 heavy (non-hydrogen) atoms. The van der Waals surface area contributed by atoms with Crippen molar-refractivity contribution in [3.63, 3.8) is 0 Å². The van der Waals surface area contributed by atoms with Crippen LogP contribution in [0.15, 0.2) is 60.0 Å². The topological polar surface area (TPSA) is 145 Å². The molecule has 0 unspecified atom stereocenters. The first-order chi connectivity index (χ1) is 25.2. The molecule has 1 saturated carbocycles. The summed E-state index contributed by atoms with van der Waals surface area (Å²) in [6.45, 7) is 5.95. The van der Waals surface area contributed by atoms with Crippen LogP contribution in [0.3, 0.4) is 0 Å². The Morgan fingerprint density at radius 3 is 2.40 bits per heavy atom. The summed E-state index contributed by atoms with van der Waals surface area (Å²) in [6, 6.07) is 14.8. The number of hydrogen-bond acceptors (Lipinski definition) is 9. The number of benzene rings is 2. The molecule has 0 atom stereocenters. The maximum atomic E-state index is 14.2. The van der Waals surface area contributed by atoms with Gasteiger partial charge in [0.25, 0.3) is 11.8 Å². The van der Waals surface area contributed by atoms with Crippen molar-refractivity contribution >= 4 is 40.9 Å². The minimum absolute atomic E-state index is 0.104. The number of anilines is 1. The van der Waals surface area contributed by atoms with Gasteiger partial charge in [0.15, 0.2) is 5.69 Å². The fourth-order valence-corrected chi connectivity index (χ4v) is 7.20. The average Bonchev–Trinajstić information content (AvgIpc) is 3.52. The molecule has 2 aromatic carbocycles. The fourth-order valence-electron chi connectivity index (χ4n) is 6.22. The minimum atomic E-state index is -2.75. The normalized spacial score (nSPS) is 15.1. The highest BCUT2D eigenvalue weighted by Crippen LogP contribution is 2.43. The quantitative estimate of drug-likeness (QED) is 0.155. The number of pyridine rings is 1. The number of alkyl carbamates (subject to hydrolysis) is 1. The van der Waals surface area contributed by atoms with Crippen molar-refractivity contribution < 1.29 is 42.2 Å². The Kier molecular flexibility index (Phi) is 10.8. The first-order valence-electron chi connectivity index (χ1n) is 17.2. The van der Waals surface area contributed by atoms with Crippen molar-refractivity contribution in [3.8, 4) is 27.3 Å². The number of fused-ring (bicyclic) bond motifs is 3. The van der Waals surface area contributed by atoms with E-state index in [0.717, 1.165) is 16.0 Å². The van der Waals surface area contributed by atoms with E-state index in [1.807, 2.05) is 11.4 Å². The molecule has 2 aromatic heterocycles. The third-order valence-corrected chi connectivity index (χ3v) is 9.87. The highest BCUT2D eigenvalue weighted by atomic mass is 32.1. The van der Waals surface area contributed by atoms with Crippen LogP contribution in [0.1, 0.15) is 88.9 Å². The summed E-state index contributed by atoms with van der Waals surface area (Å²) in [7, 11) is 1.18. The lowest BCUT2D eigenvalue weighted by Gasteiger charge is -2.28. The molecule has 4 aromatic rings. The Hall–Kier alpha value is -5.37. The molecule has 0 radical (unpaired) electrons. The molecule has 14 heteroatoms. The van der Waals surface area contributed by atoms with Gasteiger partial charge in [0.2, 0.25) is 5.92 Å². The lowest BCUT2D eigenvalue weighted by Crippen LogP contribution is -2.40. The minimum Gasteiger partial charge on any atom is -0.493 e. The molecule has 0 spiro atoms. The molecular weight excluding hydrogens is 707 g/mol. The second kappa shape index (κ2) is 15.3. The lowest BCUT2D eigenvalue weighted by molar-refractivity contribution is -0.0399. The number of alkyl halides is 2. The smallest absolute Gasteiger partial charge is 0.407 e. The molecule has 3 heterocycles. The number of methoxy groups -OCH3 is 1. The second-order valence-electron chi connectivity index (χ2n) is 14.0. The molecule has 6 rings (SSSR count). The Morgan fingerprint density at radius 2 is 1.70 bits per heavy atom. The van der Waals surface area contributed by atoms with Crippen LogP contribution >= 0.6 is 11.3 Å². The number of halogens is 2. The largest absolute Gasteiger partial charge is 0.493 e. The van der Waals surface area contributed by atoms with Crippen LogP contribution in [0, 0.1) is 0 Å². The number of amides is 3. The van der Waals surface area contributed by atoms with Gasteiger partial charge in [0.05, 0.1) is 13.7 Å². The van der Waals surface area contributed by atoms with E-state index in [-0.39, 0.29) is 54.7 Å². The van der Waals surface area contributed by atoms with Crippen LogP contribution < -0.4 is 20.7 Å². The maximum Gasteiger partial charge on any atom is 0.407 e. The monoisotopic (exact) mass is 746 g/mol. The Morgan fingerprint density at radius 1 is 0.962 bits per heavy atom. The van der Waals surface area contributed by atoms with E-state index in [0.29, 0.717) is 35.6 Å². The van der Waals surface area contributed by atoms with Crippen molar-refractivity contribution in [2.45, 2.75) is 77.0 Å². The van der Waals surface area contributed by atoms with Gasteiger partial charge in [-0.25, -0.2) is 23.4 Å². The van der Waals surface area contributed by atoms with E-state index in [1.165, 1.54) is 30.6 Å². The number of rotatable bonds is 8. The Balaban J connectivity index is 1.32. The van der Waals surface area contributed by atoms with Crippen molar-refractivity contribution in [3.05, 3.63) is 88.1 Å². The summed E-state index contributed by atoms with van der Waals surface area (Å²) in [5.74, 6) is -4.20. The predicted octanol–water partition coefficient (Wildman–Crippen LogP) is 7.78. The zero-order chi connectivity index (χ0) is 37.9. The molecular formula is C39H40F2N4O7S. The van der Waals surface area contributed by atoms with Crippen molar-refractivity contribution in [2.24, 2.45) is 0 Å². The van der Waals surface area contributed by atoms with Crippen molar-refractivity contribution in [1.29, 1.82) is 0 Å². The van der Waals surface area contributed by atoms with Gasteiger partial charge < -0.3 is 30.2 Å². The summed E-state index contributed by atoms with van der Waals surface area (Å²) >= 11 is 1.53. The number of hydrogen-bond donors (Lipinski definition) is 3. The summed E-state index contributed by atoms with van der Waals surface area (Å²) in [4.78, 5) is 58.0. The fraction of sp³-hybridized carbons (Fsp3) is 0.359. The standard InChI is InChI=1S/C39H40F2N4O7S/c1-38(2,3)52-37(49)42-21-22-5-7-24(8-6-22)43-34(46)28-19-29-31(51-17-13-23-14-18-53-33(23)29)20-27(28)26-9-10-30(45-32(26)36(48)50-4)35(47)44-25-11-15-39(40,41)16-12-25/h5-10,14,18-20,25H,11-13,15-17,21H2,1-4H3,(H,42,49)(H,43,46)(H,44,47). The van der Waals surface area contributed by atoms with E-state index in [2.05, 4.69) is 20.9 Å². The van der Waals surface area contributed by atoms with Crippen molar-refractivity contribution in [1.82, 2.24) is 15.6 Å². The number of nitrogens with one attached hydrogen (secondary N) is 3. The highest BCUT2D eigenvalue weighted by Gasteiger charge is 2.36. The third-order valence-electron chi connectivity index (χ3n) is 8.88. The SMILES string of the molecule is COC(=O)c1nc(C(=O)NC2CCC(F)(F)CC2)ccc1-c1cc2c(cc1C(=O)Nc1ccc(CNC(=O)OC(C)(C)C)cc1)-c1sccc1CCO2. The molecule has 11 nitrogen and oxygen atoms in total. The molecule has 1 aliphatic heterocycles. The molecule has 1 fully saturated rings. The number of aromatic nitrogens is 1. The number of ether oxygens (including phenoxy) is 3. The van der Waals surface area contributed by atoms with Crippen molar-refractivity contribution in [2.75, 3.05) is 19.0 Å². The zero-order valence-corrected chi connectivity index (χ0v) is 30.6. The molecule has 0 bridgehead atoms. The van der Waals surface area contributed by atoms with Gasteiger partial charge in [-0.05, 0) is 92.6 Å². The highest BCUT2D eigenvalue weighted by molar-refractivity contribution is 7.13. The maximum absolute atomic E-state index is 14.2. The molecule has 1 aliphatic carbocycles. The van der Waals surface area contributed by atoms with E-state index in [9.17, 15) is 28.0 Å². The molecule has 0 saturated heterocycles. The number of carbonyl (C=O) groups is 4. The lowest BCUT2D eigenvalue weighted by atomic mass is 9.92. The van der Waals surface area contributed by atoms with Gasteiger partial charge in [-0.15, -0.1) is 11.3 Å². The summed E-state index contributed by atoms with van der Waals surface area (Å²) in [6.07, 6.45) is -0.305. The molecule has 3 N–H and O–H groups in total. The van der Waals surface area contributed by atoms with Crippen LogP contribution in [-0.2, 0) is 22.4 Å². The Labute approximate surface area is 309 Å². The van der Waals surface area contributed by atoms with E-state index < -0.39 is 41.4 Å². The average molecular weight is 747 g/mol. The first-order valence-corrected chi connectivity index (χ1v) is 18.1. The number of carbonyl (C=O) groups excluding carboxylic acids is 4. The van der Waals surface area contributed by atoms with Crippen LogP contribution in [0.5, 0.6) is 5.75 Å². The van der Waals surface area contributed by atoms with Crippen LogP contribution in [0.2, 0.25) is 0 Å². The van der Waals surface area contributed by atoms with Crippen LogP contribution in [0.4, 0.5) is 19.3 Å². The second-order valence-corrected chi connectivity index (χ2v) is 14.9. The molecule has 3 amide bonds. The van der Waals surface area contributed by atoms with E-state index in [1.54, 1.807) is 57.2 Å². The number of esters is 1. The summed E-state index contributed by atoms with van der Waals surface area (Å²) < 4.78 is 43.9. The summed E-state index contributed by atoms with van der Waals surface area (Å²) in [5.41, 5.74) is 2.85.